The Morgan fingerprint density at radius 2 is 2.07 bits per heavy atom. The molecule has 1 aromatic carbocycles. The van der Waals surface area contributed by atoms with Crippen LogP contribution in [0.1, 0.15) is 31.2 Å². The van der Waals surface area contributed by atoms with Gasteiger partial charge in [-0.3, -0.25) is 4.79 Å². The maximum absolute atomic E-state index is 11.7. The average Bonchev–Trinajstić information content (AvgIpc) is 2.24. The van der Waals surface area contributed by atoms with E-state index in [-0.39, 0.29) is 5.92 Å². The van der Waals surface area contributed by atoms with Crippen LogP contribution in [0, 0.1) is 5.92 Å². The second kappa shape index (κ2) is 4.93. The van der Waals surface area contributed by atoms with Crippen LogP contribution in [0.2, 0.25) is 0 Å². The van der Waals surface area contributed by atoms with Crippen molar-refractivity contribution in [3.8, 4) is 0 Å². The van der Waals surface area contributed by atoms with Gasteiger partial charge in [0.1, 0.15) is 5.78 Å². The van der Waals surface area contributed by atoms with Gasteiger partial charge in [0.15, 0.2) is 0 Å². The summed E-state index contributed by atoms with van der Waals surface area (Å²) < 4.78 is 1.13. The first kappa shape index (κ1) is 10.9. The van der Waals surface area contributed by atoms with Gasteiger partial charge in [-0.15, -0.1) is 0 Å². The number of benzene rings is 1. The van der Waals surface area contributed by atoms with E-state index in [9.17, 15) is 4.79 Å². The molecule has 0 saturated heterocycles. The highest BCUT2D eigenvalue weighted by Gasteiger charge is 2.22. The molecule has 0 heterocycles. The van der Waals surface area contributed by atoms with Crippen LogP contribution in [0.4, 0.5) is 0 Å². The molecule has 1 aromatic rings. The van der Waals surface area contributed by atoms with Crippen molar-refractivity contribution in [3.05, 3.63) is 34.3 Å². The van der Waals surface area contributed by atoms with Gasteiger partial charge in [-0.05, 0) is 30.9 Å². The summed E-state index contributed by atoms with van der Waals surface area (Å²) in [5.74, 6) is 0.717. The minimum atomic E-state index is 0.262. The molecule has 0 N–H and O–H groups in total. The largest absolute Gasteiger partial charge is 0.299 e. The molecule has 0 unspecified atom stereocenters. The lowest BCUT2D eigenvalue weighted by Crippen LogP contribution is -2.21. The second-order valence-corrected chi connectivity index (χ2v) is 5.06. The Morgan fingerprint density at radius 3 is 2.80 bits per heavy atom. The van der Waals surface area contributed by atoms with E-state index in [1.54, 1.807) is 0 Å². The quantitative estimate of drug-likeness (QED) is 0.797. The van der Waals surface area contributed by atoms with Gasteiger partial charge in [0.2, 0.25) is 0 Å². The molecular weight excluding hydrogens is 252 g/mol. The molecule has 1 aliphatic carbocycles. The Bertz CT molecular complexity index is 359. The van der Waals surface area contributed by atoms with Crippen LogP contribution in [0.3, 0.4) is 0 Å². The highest BCUT2D eigenvalue weighted by atomic mass is 79.9. The first-order valence-electron chi connectivity index (χ1n) is 5.53. The van der Waals surface area contributed by atoms with Crippen molar-refractivity contribution in [2.24, 2.45) is 5.92 Å². The molecule has 2 heteroatoms. The number of rotatable bonds is 2. The van der Waals surface area contributed by atoms with Crippen LogP contribution in [0.5, 0.6) is 0 Å². The molecule has 0 aromatic heterocycles. The zero-order valence-electron chi connectivity index (χ0n) is 8.71. The van der Waals surface area contributed by atoms with E-state index in [2.05, 4.69) is 22.0 Å². The average molecular weight is 267 g/mol. The minimum Gasteiger partial charge on any atom is -0.299 e. The second-order valence-electron chi connectivity index (χ2n) is 4.20. The predicted octanol–water partition coefficient (Wildman–Crippen LogP) is 3.75. The summed E-state index contributed by atoms with van der Waals surface area (Å²) in [6, 6.07) is 8.19. The Kier molecular flexibility index (Phi) is 3.57. The lowest BCUT2D eigenvalue weighted by Gasteiger charge is -2.20. The van der Waals surface area contributed by atoms with E-state index in [0.29, 0.717) is 5.78 Å². The minimum absolute atomic E-state index is 0.262. The first-order valence-corrected chi connectivity index (χ1v) is 6.33. The fourth-order valence-corrected chi connectivity index (χ4v) is 2.65. The standard InChI is InChI=1S/C13H15BrO/c14-12-7-3-1-5-10(12)9-11-6-2-4-8-13(11)15/h1,3,5,7,11H,2,4,6,8-9H2/t11-/m1/s1. The summed E-state index contributed by atoms with van der Waals surface area (Å²) in [4.78, 5) is 11.7. The fraction of sp³-hybridized carbons (Fsp3) is 0.462. The van der Waals surface area contributed by atoms with Gasteiger partial charge < -0.3 is 0 Å². The summed E-state index contributed by atoms with van der Waals surface area (Å²) in [6.07, 6.45) is 5.06. The molecule has 1 saturated carbocycles. The van der Waals surface area contributed by atoms with Crippen LogP contribution in [-0.4, -0.2) is 5.78 Å². The number of halogens is 1. The number of hydrogen-bond donors (Lipinski definition) is 0. The summed E-state index contributed by atoms with van der Waals surface area (Å²) in [6.45, 7) is 0. The van der Waals surface area contributed by atoms with Gasteiger partial charge in [-0.25, -0.2) is 0 Å². The third-order valence-electron chi connectivity index (χ3n) is 3.11. The van der Waals surface area contributed by atoms with E-state index in [0.717, 1.165) is 30.2 Å². The molecule has 0 bridgehead atoms. The van der Waals surface area contributed by atoms with E-state index in [1.807, 2.05) is 18.2 Å². The molecule has 15 heavy (non-hydrogen) atoms. The molecule has 1 aliphatic rings. The zero-order chi connectivity index (χ0) is 10.7. The van der Waals surface area contributed by atoms with Crippen LogP contribution in [0.25, 0.3) is 0 Å². The Balaban J connectivity index is 2.08. The van der Waals surface area contributed by atoms with Crippen LogP contribution in [-0.2, 0) is 11.2 Å². The van der Waals surface area contributed by atoms with Crippen molar-refractivity contribution in [1.29, 1.82) is 0 Å². The maximum atomic E-state index is 11.7. The molecule has 1 fully saturated rings. The van der Waals surface area contributed by atoms with Crippen LogP contribution < -0.4 is 0 Å². The Labute approximate surface area is 99.0 Å². The third-order valence-corrected chi connectivity index (χ3v) is 3.88. The summed E-state index contributed by atoms with van der Waals surface area (Å²) in [5.41, 5.74) is 1.26. The van der Waals surface area contributed by atoms with E-state index in [4.69, 9.17) is 0 Å². The van der Waals surface area contributed by atoms with Crippen molar-refractivity contribution >= 4 is 21.7 Å². The number of carbonyl (C=O) groups is 1. The van der Waals surface area contributed by atoms with Crippen molar-refractivity contribution in [2.45, 2.75) is 32.1 Å². The molecule has 0 radical (unpaired) electrons. The number of ketones is 1. The van der Waals surface area contributed by atoms with E-state index in [1.165, 1.54) is 12.0 Å². The summed E-state index contributed by atoms with van der Waals surface area (Å²) in [7, 11) is 0. The number of carbonyl (C=O) groups excluding carboxylic acids is 1. The van der Waals surface area contributed by atoms with Gasteiger partial charge in [0, 0.05) is 16.8 Å². The van der Waals surface area contributed by atoms with Gasteiger partial charge in [0.05, 0.1) is 0 Å². The summed E-state index contributed by atoms with van der Waals surface area (Å²) in [5, 5.41) is 0. The van der Waals surface area contributed by atoms with Crippen LogP contribution in [0.15, 0.2) is 28.7 Å². The molecule has 0 aliphatic heterocycles. The molecule has 1 atom stereocenters. The molecule has 80 valence electrons. The lowest BCUT2D eigenvalue weighted by molar-refractivity contribution is -0.124. The van der Waals surface area contributed by atoms with Gasteiger partial charge in [-0.2, -0.15) is 0 Å². The van der Waals surface area contributed by atoms with Gasteiger partial charge in [0.25, 0.3) is 0 Å². The SMILES string of the molecule is O=C1CCCC[C@@H]1Cc1ccccc1Br. The smallest absolute Gasteiger partial charge is 0.136 e. The molecular formula is C13H15BrO. The predicted molar refractivity (Wildman–Crippen MR) is 64.8 cm³/mol. The normalized spacial score (nSPS) is 21.7. The Morgan fingerprint density at radius 1 is 1.27 bits per heavy atom. The zero-order valence-corrected chi connectivity index (χ0v) is 10.3. The summed E-state index contributed by atoms with van der Waals surface area (Å²) >= 11 is 3.53. The van der Waals surface area contributed by atoms with Gasteiger partial charge in [-0.1, -0.05) is 40.5 Å². The topological polar surface area (TPSA) is 17.1 Å². The van der Waals surface area contributed by atoms with Crippen LogP contribution >= 0.6 is 15.9 Å². The highest BCUT2D eigenvalue weighted by molar-refractivity contribution is 9.10. The monoisotopic (exact) mass is 266 g/mol. The molecule has 0 spiro atoms. The third kappa shape index (κ3) is 2.69. The molecule has 0 amide bonds. The van der Waals surface area contributed by atoms with Crippen molar-refractivity contribution < 1.29 is 4.79 Å². The van der Waals surface area contributed by atoms with Crippen molar-refractivity contribution in [1.82, 2.24) is 0 Å². The van der Waals surface area contributed by atoms with Crippen molar-refractivity contribution in [3.63, 3.8) is 0 Å². The lowest BCUT2D eigenvalue weighted by atomic mass is 9.84. The fourth-order valence-electron chi connectivity index (χ4n) is 2.20. The van der Waals surface area contributed by atoms with E-state index < -0.39 is 0 Å². The van der Waals surface area contributed by atoms with Gasteiger partial charge >= 0.3 is 0 Å². The molecule has 1 nitrogen and oxygen atoms in total. The van der Waals surface area contributed by atoms with Crippen molar-refractivity contribution in [2.75, 3.05) is 0 Å². The highest BCUT2D eigenvalue weighted by Crippen LogP contribution is 2.27. The van der Waals surface area contributed by atoms with E-state index >= 15 is 0 Å². The maximum Gasteiger partial charge on any atom is 0.136 e. The first-order chi connectivity index (χ1) is 7.27. The number of hydrogen-bond acceptors (Lipinski definition) is 1. The Hall–Kier alpha value is -0.630. The molecule has 2 rings (SSSR count). The number of Topliss-reactive ketones (excluding diaryl/α,β-unsaturated/α-hetero) is 1.